The average Bonchev–Trinajstić information content (AvgIpc) is 2.80. The summed E-state index contributed by atoms with van der Waals surface area (Å²) < 4.78 is 6.91. The Balaban J connectivity index is 1.85. The lowest BCUT2D eigenvalue weighted by molar-refractivity contribution is -0.153. The lowest BCUT2D eigenvalue weighted by atomic mass is 10.1. The number of esters is 1. The summed E-state index contributed by atoms with van der Waals surface area (Å²) in [5.41, 5.74) is 3.30. The first kappa shape index (κ1) is 17.7. The molecule has 0 unspecified atom stereocenters. The maximum Gasteiger partial charge on any atom is 0.306 e. The Labute approximate surface area is 141 Å². The summed E-state index contributed by atoms with van der Waals surface area (Å²) >= 11 is 0. The molecule has 1 amide bonds. The molecule has 0 fully saturated rings. The Morgan fingerprint density at radius 2 is 1.92 bits per heavy atom. The predicted molar refractivity (Wildman–Crippen MR) is 91.6 cm³/mol. The summed E-state index contributed by atoms with van der Waals surface area (Å²) in [5, 5.41) is 7.02. The Morgan fingerprint density at radius 1 is 1.25 bits per heavy atom. The van der Waals surface area contributed by atoms with Gasteiger partial charge in [0, 0.05) is 13.5 Å². The van der Waals surface area contributed by atoms with Gasteiger partial charge in [-0.15, -0.1) is 0 Å². The fraction of sp³-hybridized carbons (Fsp3) is 0.389. The molecule has 6 heteroatoms. The van der Waals surface area contributed by atoms with Crippen molar-refractivity contribution in [3.63, 3.8) is 0 Å². The highest BCUT2D eigenvalue weighted by Crippen LogP contribution is 2.18. The molecule has 0 aliphatic rings. The molecule has 0 aliphatic carbocycles. The molecule has 0 radical (unpaired) electrons. The minimum atomic E-state index is -0.854. The third-order valence-electron chi connectivity index (χ3n) is 3.90. The summed E-state index contributed by atoms with van der Waals surface area (Å²) in [6.07, 6.45) is -0.0196. The van der Waals surface area contributed by atoms with Gasteiger partial charge in [0.15, 0.2) is 6.10 Å². The van der Waals surface area contributed by atoms with Crippen LogP contribution in [0, 0.1) is 13.8 Å². The van der Waals surface area contributed by atoms with Gasteiger partial charge < -0.3 is 10.1 Å². The second-order valence-corrected chi connectivity index (χ2v) is 5.78. The van der Waals surface area contributed by atoms with E-state index < -0.39 is 6.10 Å². The van der Waals surface area contributed by atoms with Crippen LogP contribution in [0.1, 0.15) is 30.3 Å². The van der Waals surface area contributed by atoms with E-state index >= 15 is 0 Å². The Bertz CT molecular complexity index is 723. The molecule has 6 nitrogen and oxygen atoms in total. The molecule has 2 aromatic rings. The number of hydrogen-bond acceptors (Lipinski definition) is 4. The molecule has 0 saturated heterocycles. The lowest BCUT2D eigenvalue weighted by Crippen LogP contribution is -2.30. The first-order valence-electron chi connectivity index (χ1n) is 7.93. The van der Waals surface area contributed by atoms with E-state index in [1.807, 2.05) is 51.2 Å². The van der Waals surface area contributed by atoms with E-state index in [1.165, 1.54) is 0 Å². The number of nitrogens with zero attached hydrogens (tertiary/aromatic N) is 2. The van der Waals surface area contributed by atoms with Crippen molar-refractivity contribution in [1.29, 1.82) is 0 Å². The number of nitrogens with one attached hydrogen (secondary N) is 1. The van der Waals surface area contributed by atoms with Gasteiger partial charge in [0.05, 0.1) is 17.1 Å². The highest BCUT2D eigenvalue weighted by molar-refractivity contribution is 5.96. The highest BCUT2D eigenvalue weighted by atomic mass is 16.5. The zero-order chi connectivity index (χ0) is 17.7. The number of carbonyl (C=O) groups excluding carboxylic acids is 2. The van der Waals surface area contributed by atoms with Crippen molar-refractivity contribution >= 4 is 17.6 Å². The number of anilines is 1. The number of carbonyl (C=O) groups is 2. The molecule has 0 spiro atoms. The second kappa shape index (κ2) is 7.77. The number of hydrogen-bond donors (Lipinski definition) is 1. The summed E-state index contributed by atoms with van der Waals surface area (Å²) in [7, 11) is 1.81. The molecule has 1 aromatic carbocycles. The summed E-state index contributed by atoms with van der Waals surface area (Å²) in [6.45, 7) is 5.25. The number of aromatic nitrogens is 2. The average molecular weight is 329 g/mol. The van der Waals surface area contributed by atoms with E-state index in [-0.39, 0.29) is 18.3 Å². The minimum absolute atomic E-state index is 0.243. The van der Waals surface area contributed by atoms with E-state index in [1.54, 1.807) is 11.6 Å². The molecule has 0 aliphatic heterocycles. The van der Waals surface area contributed by atoms with E-state index in [0.717, 1.165) is 17.0 Å². The molecule has 1 heterocycles. The van der Waals surface area contributed by atoms with Gasteiger partial charge in [0.2, 0.25) is 0 Å². The fourth-order valence-electron chi connectivity index (χ4n) is 2.38. The van der Waals surface area contributed by atoms with E-state index in [4.69, 9.17) is 4.74 Å². The van der Waals surface area contributed by atoms with Crippen molar-refractivity contribution < 1.29 is 14.3 Å². The van der Waals surface area contributed by atoms with Gasteiger partial charge in [-0.3, -0.25) is 14.3 Å². The van der Waals surface area contributed by atoms with Crippen LogP contribution in [0.25, 0.3) is 0 Å². The van der Waals surface area contributed by atoms with Crippen LogP contribution in [0.15, 0.2) is 30.3 Å². The molecule has 128 valence electrons. The van der Waals surface area contributed by atoms with Crippen molar-refractivity contribution in [3.05, 3.63) is 47.3 Å². The maximum absolute atomic E-state index is 12.2. The largest absolute Gasteiger partial charge is 0.453 e. The molecule has 1 aromatic heterocycles. The third-order valence-corrected chi connectivity index (χ3v) is 3.90. The fourth-order valence-corrected chi connectivity index (χ4v) is 2.38. The molecule has 24 heavy (non-hydrogen) atoms. The van der Waals surface area contributed by atoms with Gasteiger partial charge in [0.25, 0.3) is 5.91 Å². The van der Waals surface area contributed by atoms with Gasteiger partial charge >= 0.3 is 5.97 Å². The number of aryl methyl sites for hydroxylation is 3. The lowest BCUT2D eigenvalue weighted by Gasteiger charge is -2.13. The third kappa shape index (κ3) is 4.44. The zero-order valence-electron chi connectivity index (χ0n) is 14.5. The monoisotopic (exact) mass is 329 g/mol. The topological polar surface area (TPSA) is 73.2 Å². The van der Waals surface area contributed by atoms with Crippen molar-refractivity contribution in [2.45, 2.75) is 39.7 Å². The second-order valence-electron chi connectivity index (χ2n) is 5.78. The summed E-state index contributed by atoms with van der Waals surface area (Å²) in [4.78, 5) is 24.1. The highest BCUT2D eigenvalue weighted by Gasteiger charge is 2.20. The van der Waals surface area contributed by atoms with Crippen LogP contribution in [-0.2, 0) is 27.8 Å². The van der Waals surface area contributed by atoms with Gasteiger partial charge in [0.1, 0.15) is 0 Å². The quantitative estimate of drug-likeness (QED) is 0.827. The summed E-state index contributed by atoms with van der Waals surface area (Å²) in [5.74, 6) is -0.747. The molecule has 2 rings (SSSR count). The van der Waals surface area contributed by atoms with Crippen LogP contribution < -0.4 is 5.32 Å². The molecule has 0 bridgehead atoms. The normalized spacial score (nSPS) is 11.8. The van der Waals surface area contributed by atoms with E-state index in [0.29, 0.717) is 12.1 Å². The first-order chi connectivity index (χ1) is 11.4. The van der Waals surface area contributed by atoms with Crippen LogP contribution in [0.5, 0.6) is 0 Å². The molecular weight excluding hydrogens is 306 g/mol. The predicted octanol–water partition coefficient (Wildman–Crippen LogP) is 2.54. The van der Waals surface area contributed by atoms with Crippen LogP contribution in [0.3, 0.4) is 0 Å². The Kier molecular flexibility index (Phi) is 5.73. The van der Waals surface area contributed by atoms with E-state index in [9.17, 15) is 9.59 Å². The number of benzene rings is 1. The SMILES string of the molecule is Cc1nn(C)c(C)c1NC(=O)[C@@H](C)OC(=O)CCc1ccccc1. The molecule has 1 atom stereocenters. The Hall–Kier alpha value is -2.63. The van der Waals surface area contributed by atoms with Crippen molar-refractivity contribution in [2.24, 2.45) is 7.05 Å². The number of amides is 1. The standard InChI is InChI=1S/C18H23N3O3/c1-12-17(13(2)21(4)20-12)19-18(23)14(3)24-16(22)11-10-15-8-6-5-7-9-15/h5-9,14H,10-11H2,1-4H3,(H,19,23)/t14-/m1/s1. The Morgan fingerprint density at radius 3 is 2.50 bits per heavy atom. The maximum atomic E-state index is 12.2. The molecular formula is C18H23N3O3. The summed E-state index contributed by atoms with van der Waals surface area (Å²) in [6, 6.07) is 9.69. The number of ether oxygens (including phenoxy) is 1. The smallest absolute Gasteiger partial charge is 0.306 e. The number of rotatable bonds is 6. The van der Waals surface area contributed by atoms with Crippen molar-refractivity contribution in [2.75, 3.05) is 5.32 Å². The van der Waals surface area contributed by atoms with E-state index in [2.05, 4.69) is 10.4 Å². The van der Waals surface area contributed by atoms with Crippen molar-refractivity contribution in [3.8, 4) is 0 Å². The molecule has 1 N–H and O–H groups in total. The van der Waals surface area contributed by atoms with Crippen molar-refractivity contribution in [1.82, 2.24) is 9.78 Å². The molecule has 0 saturated carbocycles. The van der Waals surface area contributed by atoms with Crippen LogP contribution >= 0.6 is 0 Å². The first-order valence-corrected chi connectivity index (χ1v) is 7.93. The van der Waals surface area contributed by atoms with Crippen LogP contribution in [0.2, 0.25) is 0 Å². The zero-order valence-corrected chi connectivity index (χ0v) is 14.5. The van der Waals surface area contributed by atoms with Gasteiger partial charge in [-0.1, -0.05) is 30.3 Å². The van der Waals surface area contributed by atoms with Gasteiger partial charge in [-0.25, -0.2) is 0 Å². The van der Waals surface area contributed by atoms with Gasteiger partial charge in [-0.2, -0.15) is 5.10 Å². The van der Waals surface area contributed by atoms with Crippen LogP contribution in [-0.4, -0.2) is 27.8 Å². The van der Waals surface area contributed by atoms with Crippen LogP contribution in [0.4, 0.5) is 5.69 Å². The minimum Gasteiger partial charge on any atom is -0.453 e. The van der Waals surface area contributed by atoms with Gasteiger partial charge in [-0.05, 0) is 32.8 Å².